The Morgan fingerprint density at radius 2 is 1.92 bits per heavy atom. The molecule has 0 saturated carbocycles. The fraction of sp³-hybridized carbons (Fsp3) is 0.471. The Bertz CT molecular complexity index is 621. The maximum Gasteiger partial charge on any atom is 0.330 e. The molecule has 1 aromatic carbocycles. The lowest BCUT2D eigenvalue weighted by Gasteiger charge is -2.15. The summed E-state index contributed by atoms with van der Waals surface area (Å²) in [6.45, 7) is 2.51. The maximum absolute atomic E-state index is 13.7. The summed E-state index contributed by atoms with van der Waals surface area (Å²) in [5.41, 5.74) is 0.0971. The van der Waals surface area contributed by atoms with Crippen LogP contribution in [0.15, 0.2) is 18.2 Å². The minimum atomic E-state index is -1.37. The molecule has 0 radical (unpaired) electrons. The quantitative estimate of drug-likeness (QED) is 0.594. The molecule has 2 amide bonds. The van der Waals surface area contributed by atoms with E-state index in [4.69, 9.17) is 4.74 Å². The first-order valence-corrected chi connectivity index (χ1v) is 8.01. The highest BCUT2D eigenvalue weighted by molar-refractivity contribution is 5.85. The molecule has 0 fully saturated rings. The number of ether oxygens (including phenoxy) is 1. The molecule has 1 unspecified atom stereocenters. The van der Waals surface area contributed by atoms with Crippen molar-refractivity contribution < 1.29 is 28.6 Å². The van der Waals surface area contributed by atoms with Gasteiger partial charge >= 0.3 is 5.97 Å². The number of methoxy groups -OCH3 is 1. The Hall–Kier alpha value is -2.64. The van der Waals surface area contributed by atoms with Crippen molar-refractivity contribution in [3.05, 3.63) is 29.6 Å². The largest absolute Gasteiger partial charge is 0.494 e. The Balaban J connectivity index is 2.60. The van der Waals surface area contributed by atoms with Crippen LogP contribution < -0.4 is 15.4 Å². The minimum Gasteiger partial charge on any atom is -0.494 e. The number of hydrogen-bond donors (Lipinski definition) is 3. The van der Waals surface area contributed by atoms with Gasteiger partial charge in [-0.1, -0.05) is 13.0 Å². The summed E-state index contributed by atoms with van der Waals surface area (Å²) in [4.78, 5) is 34.7. The number of halogens is 1. The van der Waals surface area contributed by atoms with Gasteiger partial charge in [-0.2, -0.15) is 0 Å². The zero-order valence-corrected chi connectivity index (χ0v) is 14.3. The molecule has 138 valence electrons. The van der Waals surface area contributed by atoms with E-state index in [9.17, 15) is 23.9 Å². The molecule has 8 heteroatoms. The number of nitrogens with one attached hydrogen (secondary N) is 2. The third kappa shape index (κ3) is 6.78. The number of benzene rings is 1. The zero-order valence-electron chi connectivity index (χ0n) is 14.3. The summed E-state index contributed by atoms with van der Waals surface area (Å²) in [7, 11) is 1.30. The molecule has 1 aromatic rings. The van der Waals surface area contributed by atoms with E-state index in [-0.39, 0.29) is 30.1 Å². The van der Waals surface area contributed by atoms with Gasteiger partial charge in [0.2, 0.25) is 11.8 Å². The van der Waals surface area contributed by atoms with Gasteiger partial charge in [-0.3, -0.25) is 9.59 Å². The van der Waals surface area contributed by atoms with E-state index in [1.54, 1.807) is 0 Å². The van der Waals surface area contributed by atoms with Crippen molar-refractivity contribution >= 4 is 17.8 Å². The van der Waals surface area contributed by atoms with Crippen LogP contribution in [-0.2, 0) is 14.4 Å². The van der Waals surface area contributed by atoms with Crippen LogP contribution in [0.3, 0.4) is 0 Å². The summed E-state index contributed by atoms with van der Waals surface area (Å²) in [5.74, 6) is -2.71. The first-order valence-electron chi connectivity index (χ1n) is 8.01. The predicted molar refractivity (Wildman–Crippen MR) is 88.6 cm³/mol. The molecule has 0 saturated heterocycles. The highest BCUT2D eigenvalue weighted by Crippen LogP contribution is 2.22. The zero-order chi connectivity index (χ0) is 18.8. The number of rotatable bonds is 10. The maximum atomic E-state index is 13.7. The number of carbonyl (C=O) groups is 3. The fourth-order valence-electron chi connectivity index (χ4n) is 2.15. The molecular weight excluding hydrogens is 331 g/mol. The van der Waals surface area contributed by atoms with E-state index in [2.05, 4.69) is 10.6 Å². The number of carboxylic acid groups (broad SMARTS) is 1. The van der Waals surface area contributed by atoms with Gasteiger partial charge in [0, 0.05) is 19.4 Å². The van der Waals surface area contributed by atoms with Crippen LogP contribution in [0.1, 0.15) is 44.2 Å². The van der Waals surface area contributed by atoms with Crippen LogP contribution in [-0.4, -0.2) is 36.5 Å². The Morgan fingerprint density at radius 3 is 2.48 bits per heavy atom. The standard InChI is InChI=1S/C17H23FN2O5/c1-3-9-19-14(21)5-4-6-15(22)20-16(17(23)24)11-7-8-13(25-2)12(18)10-11/h7-8,10,16H,3-6,9H2,1-2H3,(H,19,21)(H,20,22)(H,23,24). The molecule has 0 bridgehead atoms. The van der Waals surface area contributed by atoms with Crippen LogP contribution >= 0.6 is 0 Å². The number of carbonyl (C=O) groups excluding carboxylic acids is 2. The van der Waals surface area contributed by atoms with Crippen LogP contribution in [0.25, 0.3) is 0 Å². The Kier molecular flexibility index (Phi) is 8.38. The van der Waals surface area contributed by atoms with Crippen LogP contribution in [0, 0.1) is 5.82 Å². The molecule has 7 nitrogen and oxygen atoms in total. The average molecular weight is 354 g/mol. The van der Waals surface area contributed by atoms with Crippen LogP contribution in [0.4, 0.5) is 4.39 Å². The summed E-state index contributed by atoms with van der Waals surface area (Å²) < 4.78 is 18.5. The van der Waals surface area contributed by atoms with Gasteiger partial charge < -0.3 is 20.5 Å². The topological polar surface area (TPSA) is 105 Å². The third-order valence-electron chi connectivity index (χ3n) is 3.44. The summed E-state index contributed by atoms with van der Waals surface area (Å²) in [6.07, 6.45) is 1.31. The Labute approximate surface area is 145 Å². The molecule has 0 aliphatic rings. The summed E-state index contributed by atoms with van der Waals surface area (Å²) in [6, 6.07) is 2.31. The van der Waals surface area contributed by atoms with Crippen molar-refractivity contribution in [2.75, 3.05) is 13.7 Å². The molecule has 0 spiro atoms. The molecule has 1 atom stereocenters. The smallest absolute Gasteiger partial charge is 0.330 e. The number of hydrogen-bond acceptors (Lipinski definition) is 4. The molecule has 25 heavy (non-hydrogen) atoms. The number of carboxylic acids is 1. The van der Waals surface area contributed by atoms with Gasteiger partial charge in [-0.15, -0.1) is 0 Å². The monoisotopic (exact) mass is 354 g/mol. The van der Waals surface area contributed by atoms with Gasteiger partial charge in [0.25, 0.3) is 0 Å². The first-order chi connectivity index (χ1) is 11.9. The van der Waals surface area contributed by atoms with E-state index in [0.717, 1.165) is 12.5 Å². The summed E-state index contributed by atoms with van der Waals surface area (Å²) >= 11 is 0. The first kappa shape index (κ1) is 20.4. The van der Waals surface area contributed by atoms with E-state index in [1.807, 2.05) is 6.92 Å². The van der Waals surface area contributed by atoms with Crippen LogP contribution in [0.2, 0.25) is 0 Å². The van der Waals surface area contributed by atoms with E-state index in [0.29, 0.717) is 13.0 Å². The van der Waals surface area contributed by atoms with Crippen molar-refractivity contribution in [3.63, 3.8) is 0 Å². The van der Waals surface area contributed by atoms with Gasteiger partial charge in [-0.25, -0.2) is 9.18 Å². The second-order valence-corrected chi connectivity index (χ2v) is 5.44. The SMILES string of the molecule is CCCNC(=O)CCCC(=O)NC(C(=O)O)c1ccc(OC)c(F)c1. The Morgan fingerprint density at radius 1 is 1.24 bits per heavy atom. The van der Waals surface area contributed by atoms with Gasteiger partial charge in [0.05, 0.1) is 7.11 Å². The third-order valence-corrected chi connectivity index (χ3v) is 3.44. The lowest BCUT2D eigenvalue weighted by Crippen LogP contribution is -2.34. The normalized spacial score (nSPS) is 11.5. The number of aliphatic carboxylic acids is 1. The van der Waals surface area contributed by atoms with Crippen molar-refractivity contribution in [2.45, 2.75) is 38.6 Å². The summed E-state index contributed by atoms with van der Waals surface area (Å²) in [5, 5.41) is 14.3. The molecule has 3 N–H and O–H groups in total. The van der Waals surface area contributed by atoms with E-state index < -0.39 is 23.7 Å². The predicted octanol–water partition coefficient (Wildman–Crippen LogP) is 1.77. The molecule has 0 aliphatic heterocycles. The molecular formula is C17H23FN2O5. The lowest BCUT2D eigenvalue weighted by molar-refractivity contribution is -0.142. The molecule has 0 aromatic heterocycles. The average Bonchev–Trinajstić information content (AvgIpc) is 2.57. The lowest BCUT2D eigenvalue weighted by atomic mass is 10.1. The van der Waals surface area contributed by atoms with E-state index in [1.165, 1.54) is 19.2 Å². The fourth-order valence-corrected chi connectivity index (χ4v) is 2.15. The second-order valence-electron chi connectivity index (χ2n) is 5.44. The van der Waals surface area contributed by atoms with Crippen molar-refractivity contribution in [3.8, 4) is 5.75 Å². The highest BCUT2D eigenvalue weighted by Gasteiger charge is 2.23. The van der Waals surface area contributed by atoms with E-state index >= 15 is 0 Å². The molecule has 1 rings (SSSR count). The van der Waals surface area contributed by atoms with Crippen LogP contribution in [0.5, 0.6) is 5.75 Å². The second kappa shape index (κ2) is 10.3. The molecule has 0 aliphatic carbocycles. The minimum absolute atomic E-state index is 0.00195. The number of amides is 2. The van der Waals surface area contributed by atoms with Crippen molar-refractivity contribution in [1.82, 2.24) is 10.6 Å². The van der Waals surface area contributed by atoms with Gasteiger partial charge in [0.15, 0.2) is 17.6 Å². The van der Waals surface area contributed by atoms with Crippen molar-refractivity contribution in [1.29, 1.82) is 0 Å². The van der Waals surface area contributed by atoms with Crippen molar-refractivity contribution in [2.24, 2.45) is 0 Å². The van der Waals surface area contributed by atoms with Gasteiger partial charge in [0.1, 0.15) is 0 Å². The molecule has 0 heterocycles. The van der Waals surface area contributed by atoms with Gasteiger partial charge in [-0.05, 0) is 30.5 Å². The highest BCUT2D eigenvalue weighted by atomic mass is 19.1.